The zero-order valence-electron chi connectivity index (χ0n) is 14.0. The maximum atomic E-state index is 5.81. The van der Waals surface area contributed by atoms with Gasteiger partial charge in [-0.2, -0.15) is 0 Å². The van der Waals surface area contributed by atoms with Crippen molar-refractivity contribution in [3.8, 4) is 11.5 Å². The minimum atomic E-state index is 0.636. The molecule has 1 N–H and O–H groups in total. The van der Waals surface area contributed by atoms with Gasteiger partial charge in [-0.3, -0.25) is 4.98 Å². The molecule has 0 aliphatic rings. The van der Waals surface area contributed by atoms with Crippen molar-refractivity contribution >= 4 is 0 Å². The Balaban J connectivity index is 1.92. The van der Waals surface area contributed by atoms with Gasteiger partial charge in [0.25, 0.3) is 0 Å². The Morgan fingerprint density at radius 1 is 1.00 bits per heavy atom. The van der Waals surface area contributed by atoms with Crippen molar-refractivity contribution in [2.45, 2.75) is 39.8 Å². The summed E-state index contributed by atoms with van der Waals surface area (Å²) >= 11 is 0. The van der Waals surface area contributed by atoms with Crippen LogP contribution in [0.15, 0.2) is 42.7 Å². The van der Waals surface area contributed by atoms with Crippen LogP contribution in [-0.4, -0.2) is 18.2 Å². The highest BCUT2D eigenvalue weighted by molar-refractivity contribution is 5.43. The first-order chi connectivity index (χ1) is 11.3. The third-order valence-electron chi connectivity index (χ3n) is 3.44. The number of nitrogens with zero attached hydrogens (tertiary/aromatic N) is 1. The average Bonchev–Trinajstić information content (AvgIpc) is 2.58. The number of hydrogen-bond acceptors (Lipinski definition) is 4. The van der Waals surface area contributed by atoms with Gasteiger partial charge in [0.1, 0.15) is 0 Å². The number of rotatable bonds is 10. The van der Waals surface area contributed by atoms with Gasteiger partial charge in [-0.25, -0.2) is 0 Å². The summed E-state index contributed by atoms with van der Waals surface area (Å²) in [6.45, 7) is 7.09. The van der Waals surface area contributed by atoms with E-state index >= 15 is 0 Å². The summed E-state index contributed by atoms with van der Waals surface area (Å²) in [6, 6.07) is 10.2. The Kier molecular flexibility index (Phi) is 7.40. The number of pyridine rings is 1. The fourth-order valence-electron chi connectivity index (χ4n) is 2.23. The van der Waals surface area contributed by atoms with Crippen LogP contribution in [0.2, 0.25) is 0 Å². The molecule has 0 saturated carbocycles. The molecular formula is C19H26N2O2. The first-order valence-corrected chi connectivity index (χ1v) is 8.31. The second-order valence-corrected chi connectivity index (χ2v) is 5.38. The number of ether oxygens (including phenoxy) is 2. The summed E-state index contributed by atoms with van der Waals surface area (Å²) in [7, 11) is 0. The molecule has 23 heavy (non-hydrogen) atoms. The molecule has 0 aliphatic carbocycles. The molecule has 124 valence electrons. The zero-order chi connectivity index (χ0) is 16.3. The molecule has 2 rings (SSSR count). The minimum Gasteiger partial charge on any atom is -0.490 e. The van der Waals surface area contributed by atoms with Crippen molar-refractivity contribution in [2.24, 2.45) is 0 Å². The molecule has 0 bridgehead atoms. The summed E-state index contributed by atoms with van der Waals surface area (Å²) in [4.78, 5) is 4.12. The normalized spacial score (nSPS) is 10.5. The van der Waals surface area contributed by atoms with E-state index in [0.717, 1.165) is 44.0 Å². The Morgan fingerprint density at radius 3 is 2.61 bits per heavy atom. The van der Waals surface area contributed by atoms with E-state index in [0.29, 0.717) is 6.61 Å². The van der Waals surface area contributed by atoms with Crippen molar-refractivity contribution < 1.29 is 9.47 Å². The van der Waals surface area contributed by atoms with Crippen LogP contribution in [0.4, 0.5) is 0 Å². The van der Waals surface area contributed by atoms with Gasteiger partial charge in [-0.15, -0.1) is 0 Å². The third kappa shape index (κ3) is 5.91. The van der Waals surface area contributed by atoms with Gasteiger partial charge in [0.2, 0.25) is 0 Å². The van der Waals surface area contributed by atoms with Crippen LogP contribution >= 0.6 is 0 Å². The van der Waals surface area contributed by atoms with Gasteiger partial charge in [0, 0.05) is 25.5 Å². The van der Waals surface area contributed by atoms with Crippen molar-refractivity contribution in [3.63, 3.8) is 0 Å². The molecule has 1 aromatic carbocycles. The minimum absolute atomic E-state index is 0.636. The zero-order valence-corrected chi connectivity index (χ0v) is 14.0. The average molecular weight is 314 g/mol. The molecule has 0 unspecified atom stereocenters. The molecule has 4 nitrogen and oxygen atoms in total. The van der Waals surface area contributed by atoms with Gasteiger partial charge in [-0.1, -0.05) is 25.5 Å². The fourth-order valence-corrected chi connectivity index (χ4v) is 2.23. The van der Waals surface area contributed by atoms with Gasteiger partial charge in [-0.05, 0) is 42.7 Å². The van der Waals surface area contributed by atoms with Crippen LogP contribution in [0.25, 0.3) is 0 Å². The summed E-state index contributed by atoms with van der Waals surface area (Å²) in [5.41, 5.74) is 2.36. The van der Waals surface area contributed by atoms with E-state index in [1.807, 2.05) is 25.3 Å². The largest absolute Gasteiger partial charge is 0.490 e. The van der Waals surface area contributed by atoms with Crippen LogP contribution in [0.1, 0.15) is 37.8 Å². The molecule has 0 aliphatic heterocycles. The predicted octanol–water partition coefficient (Wildman–Crippen LogP) is 3.95. The van der Waals surface area contributed by atoms with Gasteiger partial charge >= 0.3 is 0 Å². The number of unbranched alkanes of at least 4 members (excludes halogenated alkanes) is 1. The highest BCUT2D eigenvalue weighted by Gasteiger charge is 2.06. The van der Waals surface area contributed by atoms with E-state index in [2.05, 4.69) is 35.4 Å². The summed E-state index contributed by atoms with van der Waals surface area (Å²) in [6.07, 6.45) is 5.85. The molecule has 0 spiro atoms. The van der Waals surface area contributed by atoms with Gasteiger partial charge in [0.05, 0.1) is 13.2 Å². The second kappa shape index (κ2) is 9.85. The first-order valence-electron chi connectivity index (χ1n) is 8.31. The smallest absolute Gasteiger partial charge is 0.161 e. The maximum absolute atomic E-state index is 5.81. The third-order valence-corrected chi connectivity index (χ3v) is 3.44. The summed E-state index contributed by atoms with van der Waals surface area (Å²) in [5, 5.41) is 3.42. The number of benzene rings is 1. The van der Waals surface area contributed by atoms with Gasteiger partial charge < -0.3 is 14.8 Å². The SMILES string of the molecule is CCCCOc1ccc(CNCc2cccnc2)cc1OCC. The molecule has 0 radical (unpaired) electrons. The van der Waals surface area contributed by atoms with E-state index in [1.165, 1.54) is 11.1 Å². The first kappa shape index (κ1) is 17.3. The molecule has 0 amide bonds. The molecule has 1 heterocycles. The van der Waals surface area contributed by atoms with Crippen LogP contribution in [-0.2, 0) is 13.1 Å². The van der Waals surface area contributed by atoms with E-state index in [-0.39, 0.29) is 0 Å². The van der Waals surface area contributed by atoms with E-state index in [1.54, 1.807) is 6.20 Å². The molecular weight excluding hydrogens is 288 g/mol. The van der Waals surface area contributed by atoms with Crippen molar-refractivity contribution in [1.29, 1.82) is 0 Å². The summed E-state index contributed by atoms with van der Waals surface area (Å²) < 4.78 is 11.5. The van der Waals surface area contributed by atoms with E-state index in [9.17, 15) is 0 Å². The quantitative estimate of drug-likeness (QED) is 0.674. The number of hydrogen-bond donors (Lipinski definition) is 1. The maximum Gasteiger partial charge on any atom is 0.161 e. The molecule has 0 fully saturated rings. The van der Waals surface area contributed by atoms with E-state index < -0.39 is 0 Å². The fraction of sp³-hybridized carbons (Fsp3) is 0.421. The van der Waals surface area contributed by atoms with Crippen LogP contribution in [0.5, 0.6) is 11.5 Å². The topological polar surface area (TPSA) is 43.4 Å². The molecule has 4 heteroatoms. The van der Waals surface area contributed by atoms with Gasteiger partial charge in [0.15, 0.2) is 11.5 Å². The molecule has 1 aromatic heterocycles. The predicted molar refractivity (Wildman–Crippen MR) is 92.8 cm³/mol. The second-order valence-electron chi connectivity index (χ2n) is 5.38. The van der Waals surface area contributed by atoms with Crippen LogP contribution < -0.4 is 14.8 Å². The van der Waals surface area contributed by atoms with Crippen molar-refractivity contribution in [2.75, 3.05) is 13.2 Å². The standard InChI is InChI=1S/C19H26N2O2/c1-3-5-11-23-18-9-8-16(12-19(18)22-4-2)13-21-15-17-7-6-10-20-14-17/h6-10,12,14,21H,3-5,11,13,15H2,1-2H3. The van der Waals surface area contributed by atoms with Crippen molar-refractivity contribution in [3.05, 3.63) is 53.9 Å². The Bertz CT molecular complexity index is 573. The molecule has 0 saturated heterocycles. The lowest BCUT2D eigenvalue weighted by molar-refractivity contribution is 0.272. The summed E-state index contributed by atoms with van der Waals surface area (Å²) in [5.74, 6) is 1.65. The lowest BCUT2D eigenvalue weighted by Crippen LogP contribution is -2.13. The van der Waals surface area contributed by atoms with Crippen LogP contribution in [0.3, 0.4) is 0 Å². The number of nitrogens with one attached hydrogen (secondary N) is 1. The highest BCUT2D eigenvalue weighted by Crippen LogP contribution is 2.28. The highest BCUT2D eigenvalue weighted by atomic mass is 16.5. The lowest BCUT2D eigenvalue weighted by Gasteiger charge is -2.13. The van der Waals surface area contributed by atoms with Crippen LogP contribution in [0, 0.1) is 0 Å². The lowest BCUT2D eigenvalue weighted by atomic mass is 10.2. The molecule has 0 atom stereocenters. The monoisotopic (exact) mass is 314 g/mol. The Labute approximate surface area is 138 Å². The molecule has 2 aromatic rings. The van der Waals surface area contributed by atoms with Crippen molar-refractivity contribution in [1.82, 2.24) is 10.3 Å². The Morgan fingerprint density at radius 2 is 1.87 bits per heavy atom. The number of aromatic nitrogens is 1. The van der Waals surface area contributed by atoms with E-state index in [4.69, 9.17) is 9.47 Å². The Hall–Kier alpha value is -2.07.